The molecule has 0 bridgehead atoms. The SMILES string of the molecule is CN(c1nccc(N2CCOCC2)n1)C1CCCN(c2cnc3ccccc3n2)C1. The molecule has 1 atom stereocenters. The van der Waals surface area contributed by atoms with Crippen LogP contribution in [0.5, 0.6) is 0 Å². The molecular formula is C22H27N7O. The molecule has 2 saturated heterocycles. The molecule has 2 aromatic heterocycles. The first-order valence-electron chi connectivity index (χ1n) is 10.6. The van der Waals surface area contributed by atoms with Crippen LogP contribution in [0.2, 0.25) is 0 Å². The van der Waals surface area contributed by atoms with Crippen LogP contribution in [0.3, 0.4) is 0 Å². The molecule has 1 aromatic carbocycles. The summed E-state index contributed by atoms with van der Waals surface area (Å²) in [7, 11) is 2.10. The van der Waals surface area contributed by atoms with Gasteiger partial charge in [-0.2, -0.15) is 4.98 Å². The maximum absolute atomic E-state index is 5.46. The van der Waals surface area contributed by atoms with E-state index < -0.39 is 0 Å². The minimum absolute atomic E-state index is 0.326. The summed E-state index contributed by atoms with van der Waals surface area (Å²) in [6, 6.07) is 10.3. The van der Waals surface area contributed by atoms with Crippen molar-refractivity contribution >= 4 is 28.6 Å². The van der Waals surface area contributed by atoms with E-state index in [4.69, 9.17) is 14.7 Å². The van der Waals surface area contributed by atoms with Gasteiger partial charge in [-0.1, -0.05) is 12.1 Å². The molecule has 30 heavy (non-hydrogen) atoms. The molecule has 0 amide bonds. The van der Waals surface area contributed by atoms with Gasteiger partial charge in [0.05, 0.1) is 30.4 Å². The molecule has 8 nitrogen and oxygen atoms in total. The van der Waals surface area contributed by atoms with E-state index in [1.165, 1.54) is 0 Å². The maximum Gasteiger partial charge on any atom is 0.227 e. The van der Waals surface area contributed by atoms with Crippen LogP contribution in [0.15, 0.2) is 42.7 Å². The molecule has 2 fully saturated rings. The number of likely N-dealkylation sites (N-methyl/N-ethyl adjacent to an activating group) is 1. The Hall–Kier alpha value is -3.00. The van der Waals surface area contributed by atoms with Crippen molar-refractivity contribution in [2.24, 2.45) is 0 Å². The lowest BCUT2D eigenvalue weighted by molar-refractivity contribution is 0.122. The molecule has 156 valence electrons. The predicted octanol–water partition coefficient (Wildman–Crippen LogP) is 2.36. The molecular weight excluding hydrogens is 378 g/mol. The third-order valence-corrected chi connectivity index (χ3v) is 5.98. The van der Waals surface area contributed by atoms with Crippen molar-refractivity contribution in [3.63, 3.8) is 0 Å². The van der Waals surface area contributed by atoms with Crippen LogP contribution < -0.4 is 14.7 Å². The molecule has 4 heterocycles. The van der Waals surface area contributed by atoms with Gasteiger partial charge < -0.3 is 19.4 Å². The standard InChI is InChI=1S/C22H27N7O/c1-27(22-23-9-8-20(26-22)28-11-13-30-14-12-28)17-5-4-10-29(16-17)21-15-24-18-6-2-3-7-19(18)25-21/h2-3,6-9,15,17H,4-5,10-14,16H2,1H3. The Morgan fingerprint density at radius 2 is 1.77 bits per heavy atom. The number of morpholine rings is 1. The van der Waals surface area contributed by atoms with E-state index >= 15 is 0 Å². The quantitative estimate of drug-likeness (QED) is 0.655. The zero-order valence-electron chi connectivity index (χ0n) is 17.3. The van der Waals surface area contributed by atoms with Gasteiger partial charge in [0.25, 0.3) is 0 Å². The van der Waals surface area contributed by atoms with Gasteiger partial charge in [-0.3, -0.25) is 4.98 Å². The summed E-state index contributed by atoms with van der Waals surface area (Å²) >= 11 is 0. The molecule has 0 radical (unpaired) electrons. The minimum Gasteiger partial charge on any atom is -0.378 e. The number of rotatable bonds is 4. The molecule has 2 aliphatic heterocycles. The summed E-state index contributed by atoms with van der Waals surface area (Å²) in [6.45, 7) is 5.12. The van der Waals surface area contributed by atoms with Crippen molar-refractivity contribution in [2.75, 3.05) is 61.1 Å². The van der Waals surface area contributed by atoms with E-state index in [-0.39, 0.29) is 0 Å². The lowest BCUT2D eigenvalue weighted by Crippen LogP contribution is -2.47. The third-order valence-electron chi connectivity index (χ3n) is 5.98. The number of nitrogens with zero attached hydrogens (tertiary/aromatic N) is 7. The number of fused-ring (bicyclic) bond motifs is 1. The van der Waals surface area contributed by atoms with Crippen molar-refractivity contribution < 1.29 is 4.74 Å². The highest BCUT2D eigenvalue weighted by atomic mass is 16.5. The van der Waals surface area contributed by atoms with Gasteiger partial charge in [0.1, 0.15) is 11.6 Å². The summed E-state index contributed by atoms with van der Waals surface area (Å²) < 4.78 is 5.46. The van der Waals surface area contributed by atoms with Crippen molar-refractivity contribution in [1.29, 1.82) is 0 Å². The third kappa shape index (κ3) is 3.87. The number of hydrogen-bond donors (Lipinski definition) is 0. The van der Waals surface area contributed by atoms with Gasteiger partial charge in [-0.05, 0) is 31.0 Å². The van der Waals surface area contributed by atoms with Gasteiger partial charge in [0, 0.05) is 45.5 Å². The lowest BCUT2D eigenvalue weighted by atomic mass is 10.0. The zero-order chi connectivity index (χ0) is 20.3. The summed E-state index contributed by atoms with van der Waals surface area (Å²) in [4.78, 5) is 25.6. The number of para-hydroxylation sites is 2. The summed E-state index contributed by atoms with van der Waals surface area (Å²) in [5.41, 5.74) is 1.87. The summed E-state index contributed by atoms with van der Waals surface area (Å²) in [6.07, 6.45) is 5.96. The normalized spacial score (nSPS) is 19.8. The smallest absolute Gasteiger partial charge is 0.227 e. The van der Waals surface area contributed by atoms with E-state index in [1.807, 2.05) is 42.7 Å². The van der Waals surface area contributed by atoms with Gasteiger partial charge in [0.2, 0.25) is 5.95 Å². The van der Waals surface area contributed by atoms with Crippen molar-refractivity contribution in [1.82, 2.24) is 19.9 Å². The second-order valence-corrected chi connectivity index (χ2v) is 7.88. The lowest BCUT2D eigenvalue weighted by Gasteiger charge is -2.38. The van der Waals surface area contributed by atoms with Crippen LogP contribution in [0.4, 0.5) is 17.6 Å². The average Bonchev–Trinajstić information content (AvgIpc) is 2.84. The van der Waals surface area contributed by atoms with E-state index in [9.17, 15) is 0 Å². The highest BCUT2D eigenvalue weighted by molar-refractivity contribution is 5.75. The van der Waals surface area contributed by atoms with Crippen LogP contribution in [-0.2, 0) is 4.74 Å². The Morgan fingerprint density at radius 1 is 0.933 bits per heavy atom. The van der Waals surface area contributed by atoms with Crippen LogP contribution in [-0.4, -0.2) is 72.4 Å². The fourth-order valence-electron chi connectivity index (χ4n) is 4.22. The molecule has 0 spiro atoms. The highest BCUT2D eigenvalue weighted by Gasteiger charge is 2.26. The van der Waals surface area contributed by atoms with Gasteiger partial charge in [-0.25, -0.2) is 9.97 Å². The molecule has 1 unspecified atom stereocenters. The Morgan fingerprint density at radius 3 is 2.63 bits per heavy atom. The minimum atomic E-state index is 0.326. The topological polar surface area (TPSA) is 70.5 Å². The number of aromatic nitrogens is 4. The second kappa shape index (κ2) is 8.39. The number of piperidine rings is 1. The predicted molar refractivity (Wildman–Crippen MR) is 118 cm³/mol. The number of hydrogen-bond acceptors (Lipinski definition) is 8. The summed E-state index contributed by atoms with van der Waals surface area (Å²) in [5.74, 6) is 2.69. The Kier molecular flexibility index (Phi) is 5.31. The molecule has 2 aliphatic rings. The Balaban J connectivity index is 1.32. The number of ether oxygens (including phenoxy) is 1. The average molecular weight is 406 g/mol. The zero-order valence-corrected chi connectivity index (χ0v) is 17.3. The largest absolute Gasteiger partial charge is 0.378 e. The molecule has 0 saturated carbocycles. The van der Waals surface area contributed by atoms with Crippen molar-refractivity contribution in [2.45, 2.75) is 18.9 Å². The van der Waals surface area contributed by atoms with E-state index in [0.29, 0.717) is 6.04 Å². The fraction of sp³-hybridized carbons (Fsp3) is 0.455. The number of benzene rings is 1. The van der Waals surface area contributed by atoms with Gasteiger partial charge >= 0.3 is 0 Å². The van der Waals surface area contributed by atoms with Crippen LogP contribution in [0.1, 0.15) is 12.8 Å². The molecule has 8 heteroatoms. The molecule has 3 aromatic rings. The van der Waals surface area contributed by atoms with Crippen LogP contribution >= 0.6 is 0 Å². The van der Waals surface area contributed by atoms with Gasteiger partial charge in [-0.15, -0.1) is 0 Å². The fourth-order valence-corrected chi connectivity index (χ4v) is 4.22. The summed E-state index contributed by atoms with van der Waals surface area (Å²) in [5, 5.41) is 0. The molecule has 5 rings (SSSR count). The highest BCUT2D eigenvalue weighted by Crippen LogP contribution is 2.24. The van der Waals surface area contributed by atoms with Crippen LogP contribution in [0.25, 0.3) is 11.0 Å². The number of anilines is 3. The first kappa shape index (κ1) is 19.0. The maximum atomic E-state index is 5.46. The monoisotopic (exact) mass is 405 g/mol. The first-order chi connectivity index (χ1) is 14.8. The van der Waals surface area contributed by atoms with Gasteiger partial charge in [0.15, 0.2) is 0 Å². The molecule has 0 N–H and O–H groups in total. The van der Waals surface area contributed by atoms with E-state index in [0.717, 1.165) is 80.9 Å². The second-order valence-electron chi connectivity index (χ2n) is 7.88. The van der Waals surface area contributed by atoms with E-state index in [2.05, 4.69) is 31.7 Å². The van der Waals surface area contributed by atoms with Crippen molar-refractivity contribution in [3.05, 3.63) is 42.7 Å². The van der Waals surface area contributed by atoms with Crippen LogP contribution in [0, 0.1) is 0 Å². The Labute approximate surface area is 176 Å². The Bertz CT molecular complexity index is 1010. The molecule has 0 aliphatic carbocycles. The van der Waals surface area contributed by atoms with E-state index in [1.54, 1.807) is 0 Å². The van der Waals surface area contributed by atoms with Crippen molar-refractivity contribution in [3.8, 4) is 0 Å². The first-order valence-corrected chi connectivity index (χ1v) is 10.6.